The van der Waals surface area contributed by atoms with Crippen LogP contribution in [-0.4, -0.2) is 31.6 Å². The number of rotatable bonds is 8. The minimum absolute atomic E-state index is 0.102. The smallest absolute Gasteiger partial charge is 0.260 e. The van der Waals surface area contributed by atoms with Crippen LogP contribution < -0.4 is 9.47 Å². The van der Waals surface area contributed by atoms with Crippen molar-refractivity contribution >= 4 is 5.91 Å². The fraction of sp³-hybridized carbons (Fsp3) is 0.250. The number of benzene rings is 2. The highest BCUT2D eigenvalue weighted by molar-refractivity contribution is 5.77. The molecule has 0 aromatic heterocycles. The van der Waals surface area contributed by atoms with E-state index in [1.54, 1.807) is 32.4 Å². The molecule has 5 heteroatoms. The van der Waals surface area contributed by atoms with Crippen molar-refractivity contribution in [2.24, 2.45) is 0 Å². The number of ether oxygens (including phenoxy) is 2. The number of nitrogens with zero attached hydrogens (tertiary/aromatic N) is 1. The van der Waals surface area contributed by atoms with Gasteiger partial charge in [0.15, 0.2) is 18.1 Å². The van der Waals surface area contributed by atoms with Crippen LogP contribution in [0.1, 0.15) is 11.1 Å². The summed E-state index contributed by atoms with van der Waals surface area (Å²) in [6, 6.07) is 11.6. The molecular formula is C20H22FNO3. The van der Waals surface area contributed by atoms with Crippen LogP contribution in [0, 0.1) is 5.82 Å². The Balaban J connectivity index is 1.94. The van der Waals surface area contributed by atoms with Crippen molar-refractivity contribution in [3.63, 3.8) is 0 Å². The molecule has 0 atom stereocenters. The Hall–Kier alpha value is -2.82. The monoisotopic (exact) mass is 343 g/mol. The minimum Gasteiger partial charge on any atom is -0.493 e. The summed E-state index contributed by atoms with van der Waals surface area (Å²) in [5, 5.41) is 0. The zero-order valence-electron chi connectivity index (χ0n) is 14.5. The molecule has 0 N–H and O–H groups in total. The van der Waals surface area contributed by atoms with Crippen molar-refractivity contribution in [1.29, 1.82) is 0 Å². The molecule has 0 radical (unpaired) electrons. The number of allylic oxidation sites excluding steroid dienone is 1. The summed E-state index contributed by atoms with van der Waals surface area (Å²) in [5.74, 6) is 0.613. The number of likely N-dealkylation sites (N-methyl/N-ethyl adjacent to an activating group) is 1. The molecule has 25 heavy (non-hydrogen) atoms. The summed E-state index contributed by atoms with van der Waals surface area (Å²) in [6.45, 7) is 3.99. The number of amides is 1. The molecule has 0 aliphatic carbocycles. The van der Waals surface area contributed by atoms with Crippen LogP contribution in [-0.2, 0) is 17.8 Å². The van der Waals surface area contributed by atoms with Gasteiger partial charge in [-0.1, -0.05) is 24.3 Å². The van der Waals surface area contributed by atoms with E-state index in [0.29, 0.717) is 18.0 Å². The van der Waals surface area contributed by atoms with E-state index in [1.807, 2.05) is 18.2 Å². The molecule has 0 unspecified atom stereocenters. The van der Waals surface area contributed by atoms with E-state index in [9.17, 15) is 9.18 Å². The van der Waals surface area contributed by atoms with Gasteiger partial charge >= 0.3 is 0 Å². The molecule has 2 rings (SSSR count). The first-order chi connectivity index (χ1) is 12.0. The van der Waals surface area contributed by atoms with E-state index in [0.717, 1.165) is 17.5 Å². The van der Waals surface area contributed by atoms with Gasteiger partial charge in [0.25, 0.3) is 5.91 Å². The zero-order valence-corrected chi connectivity index (χ0v) is 14.5. The highest BCUT2D eigenvalue weighted by atomic mass is 19.1. The molecule has 0 spiro atoms. The normalized spacial score (nSPS) is 10.2. The van der Waals surface area contributed by atoms with Crippen LogP contribution in [0.3, 0.4) is 0 Å². The summed E-state index contributed by atoms with van der Waals surface area (Å²) >= 11 is 0. The third kappa shape index (κ3) is 5.35. The molecule has 4 nitrogen and oxygen atoms in total. The predicted octanol–water partition coefficient (Wildman–Crippen LogP) is 3.60. The standard InChI is InChI=1S/C20H22FNO3/c1-4-5-15-8-11-18(19(12-15)24-3)25-14-20(23)22(2)13-16-6-9-17(21)10-7-16/h4,6-12H,1,5,13-14H2,2-3H3. The molecule has 1 amide bonds. The molecule has 0 fully saturated rings. The first-order valence-electron chi connectivity index (χ1n) is 7.92. The van der Waals surface area contributed by atoms with Gasteiger partial charge in [0.2, 0.25) is 0 Å². The molecule has 0 aliphatic rings. The summed E-state index contributed by atoms with van der Waals surface area (Å²) in [7, 11) is 3.24. The lowest BCUT2D eigenvalue weighted by molar-refractivity contribution is -0.132. The Morgan fingerprint density at radius 3 is 2.48 bits per heavy atom. The lowest BCUT2D eigenvalue weighted by Gasteiger charge is -2.18. The highest BCUT2D eigenvalue weighted by Crippen LogP contribution is 2.28. The van der Waals surface area contributed by atoms with Gasteiger partial charge in [0.1, 0.15) is 5.82 Å². The van der Waals surface area contributed by atoms with Gasteiger partial charge in [-0.2, -0.15) is 0 Å². The number of hydrogen-bond donors (Lipinski definition) is 0. The Morgan fingerprint density at radius 1 is 1.16 bits per heavy atom. The topological polar surface area (TPSA) is 38.8 Å². The van der Waals surface area contributed by atoms with Gasteiger partial charge < -0.3 is 14.4 Å². The van der Waals surface area contributed by atoms with E-state index < -0.39 is 0 Å². The molecule has 2 aromatic carbocycles. The van der Waals surface area contributed by atoms with Crippen molar-refractivity contribution in [3.05, 3.63) is 72.1 Å². The SMILES string of the molecule is C=CCc1ccc(OCC(=O)N(C)Cc2ccc(F)cc2)c(OC)c1. The average Bonchev–Trinajstić information content (AvgIpc) is 2.62. The number of hydrogen-bond acceptors (Lipinski definition) is 3. The highest BCUT2D eigenvalue weighted by Gasteiger charge is 2.12. The Labute approximate surface area is 147 Å². The van der Waals surface area contributed by atoms with Gasteiger partial charge in [-0.3, -0.25) is 4.79 Å². The Kier molecular flexibility index (Phi) is 6.57. The molecule has 0 saturated heterocycles. The minimum atomic E-state index is -0.298. The molecule has 0 bridgehead atoms. The average molecular weight is 343 g/mol. The van der Waals surface area contributed by atoms with Crippen molar-refractivity contribution in [3.8, 4) is 11.5 Å². The molecule has 2 aromatic rings. The van der Waals surface area contributed by atoms with Crippen LogP contribution >= 0.6 is 0 Å². The zero-order chi connectivity index (χ0) is 18.2. The first kappa shape index (κ1) is 18.5. The van der Waals surface area contributed by atoms with E-state index in [1.165, 1.54) is 17.0 Å². The Bertz CT molecular complexity index is 728. The third-order valence-electron chi connectivity index (χ3n) is 3.72. The van der Waals surface area contributed by atoms with E-state index in [4.69, 9.17) is 9.47 Å². The molecular weight excluding hydrogens is 321 g/mol. The lowest BCUT2D eigenvalue weighted by Crippen LogP contribution is -2.31. The van der Waals surface area contributed by atoms with E-state index in [2.05, 4.69) is 6.58 Å². The summed E-state index contributed by atoms with van der Waals surface area (Å²) in [6.07, 6.45) is 2.54. The van der Waals surface area contributed by atoms with Crippen LogP contribution in [0.4, 0.5) is 4.39 Å². The second-order valence-electron chi connectivity index (χ2n) is 5.64. The van der Waals surface area contributed by atoms with Crippen LogP contribution in [0.15, 0.2) is 55.1 Å². The van der Waals surface area contributed by atoms with Crippen LogP contribution in [0.2, 0.25) is 0 Å². The van der Waals surface area contributed by atoms with Crippen molar-refractivity contribution in [2.45, 2.75) is 13.0 Å². The van der Waals surface area contributed by atoms with Crippen LogP contribution in [0.25, 0.3) is 0 Å². The molecule has 132 valence electrons. The van der Waals surface area contributed by atoms with Crippen molar-refractivity contribution < 1.29 is 18.7 Å². The second-order valence-corrected chi connectivity index (χ2v) is 5.64. The van der Waals surface area contributed by atoms with Gasteiger partial charge in [0.05, 0.1) is 7.11 Å². The summed E-state index contributed by atoms with van der Waals surface area (Å²) < 4.78 is 23.8. The maximum atomic E-state index is 12.9. The van der Waals surface area contributed by atoms with E-state index in [-0.39, 0.29) is 18.3 Å². The first-order valence-corrected chi connectivity index (χ1v) is 7.92. The third-order valence-corrected chi connectivity index (χ3v) is 3.72. The molecule has 0 saturated carbocycles. The summed E-state index contributed by atoms with van der Waals surface area (Å²) in [5.41, 5.74) is 1.91. The van der Waals surface area contributed by atoms with Gasteiger partial charge in [-0.05, 0) is 41.8 Å². The fourth-order valence-corrected chi connectivity index (χ4v) is 2.33. The van der Waals surface area contributed by atoms with Crippen molar-refractivity contribution in [1.82, 2.24) is 4.90 Å². The van der Waals surface area contributed by atoms with E-state index >= 15 is 0 Å². The largest absolute Gasteiger partial charge is 0.493 e. The summed E-state index contributed by atoms with van der Waals surface area (Å²) in [4.78, 5) is 13.8. The van der Waals surface area contributed by atoms with Gasteiger partial charge in [-0.15, -0.1) is 6.58 Å². The van der Waals surface area contributed by atoms with Gasteiger partial charge in [0, 0.05) is 13.6 Å². The number of halogens is 1. The van der Waals surface area contributed by atoms with Crippen molar-refractivity contribution in [2.75, 3.05) is 20.8 Å². The molecule has 0 aliphatic heterocycles. The second kappa shape index (κ2) is 8.87. The number of methoxy groups -OCH3 is 1. The fourth-order valence-electron chi connectivity index (χ4n) is 2.33. The maximum absolute atomic E-state index is 12.9. The Morgan fingerprint density at radius 2 is 1.84 bits per heavy atom. The van der Waals surface area contributed by atoms with Gasteiger partial charge in [-0.25, -0.2) is 4.39 Å². The number of carbonyl (C=O) groups excluding carboxylic acids is 1. The lowest BCUT2D eigenvalue weighted by atomic mass is 10.1. The predicted molar refractivity (Wildman–Crippen MR) is 95.3 cm³/mol. The maximum Gasteiger partial charge on any atom is 0.260 e. The number of carbonyl (C=O) groups is 1. The molecule has 0 heterocycles. The quantitative estimate of drug-likeness (QED) is 0.688. The van der Waals surface area contributed by atoms with Crippen LogP contribution in [0.5, 0.6) is 11.5 Å².